The zero-order chi connectivity index (χ0) is 19.2. The highest BCUT2D eigenvalue weighted by Gasteiger charge is 2.22. The van der Waals surface area contributed by atoms with Gasteiger partial charge < -0.3 is 10.6 Å². The molecule has 27 heavy (non-hydrogen) atoms. The van der Waals surface area contributed by atoms with Crippen molar-refractivity contribution in [3.8, 4) is 0 Å². The van der Waals surface area contributed by atoms with E-state index in [1.165, 1.54) is 5.56 Å². The molecule has 0 radical (unpaired) electrons. The molecular weight excluding hydrogens is 336 g/mol. The zero-order valence-electron chi connectivity index (χ0n) is 15.9. The lowest BCUT2D eigenvalue weighted by molar-refractivity contribution is 0.0996. The second-order valence-corrected chi connectivity index (χ2v) is 6.46. The van der Waals surface area contributed by atoms with Gasteiger partial charge in [0.1, 0.15) is 5.69 Å². The fourth-order valence-corrected chi connectivity index (χ4v) is 3.58. The Balaban J connectivity index is 0.00000102. The molecule has 1 amide bonds. The van der Waals surface area contributed by atoms with Crippen molar-refractivity contribution in [1.29, 1.82) is 0 Å². The van der Waals surface area contributed by atoms with Crippen molar-refractivity contribution in [3.63, 3.8) is 0 Å². The summed E-state index contributed by atoms with van der Waals surface area (Å²) in [6.07, 6.45) is 5.79. The van der Waals surface area contributed by atoms with E-state index in [-0.39, 0.29) is 0 Å². The van der Waals surface area contributed by atoms with Crippen LogP contribution in [0.1, 0.15) is 48.7 Å². The van der Waals surface area contributed by atoms with Gasteiger partial charge in [0.2, 0.25) is 0 Å². The lowest BCUT2D eigenvalue weighted by Gasteiger charge is -2.34. The van der Waals surface area contributed by atoms with Gasteiger partial charge in [-0.3, -0.25) is 9.78 Å². The molecule has 3 heterocycles. The van der Waals surface area contributed by atoms with E-state index in [9.17, 15) is 4.79 Å². The van der Waals surface area contributed by atoms with Crippen molar-refractivity contribution in [2.45, 2.75) is 32.6 Å². The van der Waals surface area contributed by atoms with Crippen LogP contribution in [0.15, 0.2) is 54.9 Å². The van der Waals surface area contributed by atoms with Gasteiger partial charge in [-0.25, -0.2) is 4.98 Å². The molecular formula is C22H26N4O. The molecule has 5 nitrogen and oxygen atoms in total. The van der Waals surface area contributed by atoms with E-state index in [1.54, 1.807) is 12.3 Å². The third kappa shape index (κ3) is 4.08. The van der Waals surface area contributed by atoms with Gasteiger partial charge in [-0.1, -0.05) is 44.2 Å². The third-order valence-corrected chi connectivity index (χ3v) is 4.94. The second kappa shape index (κ2) is 8.62. The lowest BCUT2D eigenvalue weighted by atomic mass is 9.89. The third-order valence-electron chi connectivity index (χ3n) is 4.94. The molecule has 0 bridgehead atoms. The monoisotopic (exact) mass is 362 g/mol. The van der Waals surface area contributed by atoms with E-state index in [4.69, 9.17) is 5.73 Å². The molecule has 0 unspecified atom stereocenters. The minimum atomic E-state index is -0.507. The van der Waals surface area contributed by atoms with Crippen molar-refractivity contribution < 1.29 is 4.79 Å². The van der Waals surface area contributed by atoms with E-state index in [0.29, 0.717) is 11.6 Å². The Hall–Kier alpha value is -2.95. The van der Waals surface area contributed by atoms with Crippen LogP contribution in [0, 0.1) is 0 Å². The SMILES string of the molecule is CC.NC(=O)c1ccc2cncc(N3CCC(c4ccccc4)CC3)c2n1. The van der Waals surface area contributed by atoms with Crippen molar-refractivity contribution in [1.82, 2.24) is 9.97 Å². The topological polar surface area (TPSA) is 72.1 Å². The van der Waals surface area contributed by atoms with Crippen LogP contribution in [0.5, 0.6) is 0 Å². The fraction of sp³-hybridized carbons (Fsp3) is 0.318. The molecule has 1 aromatic carbocycles. The summed E-state index contributed by atoms with van der Waals surface area (Å²) >= 11 is 0. The van der Waals surface area contributed by atoms with Gasteiger partial charge in [-0.15, -0.1) is 0 Å². The number of anilines is 1. The Kier molecular flexibility index (Phi) is 6.01. The van der Waals surface area contributed by atoms with Gasteiger partial charge in [0.15, 0.2) is 0 Å². The number of nitrogens with zero attached hydrogens (tertiary/aromatic N) is 3. The largest absolute Gasteiger partial charge is 0.368 e. The number of carbonyl (C=O) groups is 1. The number of rotatable bonds is 3. The van der Waals surface area contributed by atoms with Gasteiger partial charge in [0, 0.05) is 24.7 Å². The molecule has 1 saturated heterocycles. The highest BCUT2D eigenvalue weighted by atomic mass is 16.1. The van der Waals surface area contributed by atoms with Crippen LogP contribution < -0.4 is 10.6 Å². The summed E-state index contributed by atoms with van der Waals surface area (Å²) in [4.78, 5) is 22.6. The van der Waals surface area contributed by atoms with E-state index in [1.807, 2.05) is 26.1 Å². The minimum absolute atomic E-state index is 0.291. The summed E-state index contributed by atoms with van der Waals surface area (Å²) < 4.78 is 0. The van der Waals surface area contributed by atoms with E-state index in [2.05, 4.69) is 45.2 Å². The number of hydrogen-bond donors (Lipinski definition) is 1. The zero-order valence-corrected chi connectivity index (χ0v) is 15.9. The summed E-state index contributed by atoms with van der Waals surface area (Å²) in [5.74, 6) is 0.0852. The summed E-state index contributed by atoms with van der Waals surface area (Å²) in [6.45, 7) is 5.89. The van der Waals surface area contributed by atoms with Gasteiger partial charge in [0.25, 0.3) is 5.91 Å². The number of piperidine rings is 1. The predicted octanol–water partition coefficient (Wildman–Crippen LogP) is 4.14. The number of amides is 1. The van der Waals surface area contributed by atoms with Crippen molar-refractivity contribution in [3.05, 3.63) is 66.1 Å². The molecule has 0 spiro atoms. The maximum atomic E-state index is 11.5. The molecule has 0 atom stereocenters. The van der Waals surface area contributed by atoms with Crippen LogP contribution in [0.2, 0.25) is 0 Å². The summed E-state index contributed by atoms with van der Waals surface area (Å²) in [7, 11) is 0. The van der Waals surface area contributed by atoms with Crippen LogP contribution in [-0.2, 0) is 0 Å². The Morgan fingerprint density at radius 3 is 2.41 bits per heavy atom. The van der Waals surface area contributed by atoms with Crippen molar-refractivity contribution >= 4 is 22.5 Å². The number of carbonyl (C=O) groups excluding carboxylic acids is 1. The van der Waals surface area contributed by atoms with Crippen molar-refractivity contribution in [2.75, 3.05) is 18.0 Å². The highest BCUT2D eigenvalue weighted by Crippen LogP contribution is 2.32. The Bertz CT molecular complexity index is 903. The minimum Gasteiger partial charge on any atom is -0.368 e. The second-order valence-electron chi connectivity index (χ2n) is 6.46. The smallest absolute Gasteiger partial charge is 0.267 e. The van der Waals surface area contributed by atoms with Crippen LogP contribution in [0.25, 0.3) is 10.9 Å². The van der Waals surface area contributed by atoms with Gasteiger partial charge in [0.05, 0.1) is 17.4 Å². The van der Waals surface area contributed by atoms with Crippen molar-refractivity contribution in [2.24, 2.45) is 5.73 Å². The van der Waals surface area contributed by atoms with E-state index >= 15 is 0 Å². The van der Waals surface area contributed by atoms with Crippen LogP contribution in [0.3, 0.4) is 0 Å². The molecule has 2 N–H and O–H groups in total. The molecule has 5 heteroatoms. The first-order valence-corrected chi connectivity index (χ1v) is 9.57. The van der Waals surface area contributed by atoms with E-state index in [0.717, 1.165) is 42.5 Å². The molecule has 0 aliphatic carbocycles. The number of hydrogen-bond acceptors (Lipinski definition) is 4. The number of aromatic nitrogens is 2. The molecule has 4 rings (SSSR count). The number of nitrogens with two attached hydrogens (primary N) is 1. The maximum absolute atomic E-state index is 11.5. The Morgan fingerprint density at radius 1 is 1.04 bits per heavy atom. The van der Waals surface area contributed by atoms with Crippen LogP contribution in [-0.4, -0.2) is 29.0 Å². The first-order chi connectivity index (χ1) is 13.2. The molecule has 1 fully saturated rings. The average molecular weight is 362 g/mol. The average Bonchev–Trinajstić information content (AvgIpc) is 2.75. The van der Waals surface area contributed by atoms with Gasteiger partial charge in [-0.2, -0.15) is 0 Å². The van der Waals surface area contributed by atoms with Crippen LogP contribution >= 0.6 is 0 Å². The standard InChI is InChI=1S/C20H20N4O.C2H6/c21-20(25)17-7-6-16-12-22-13-18(19(16)23-17)24-10-8-15(9-11-24)14-4-2-1-3-5-14;1-2/h1-7,12-13,15H,8-11H2,(H2,21,25);1-2H3. The quantitative estimate of drug-likeness (QED) is 0.760. The molecule has 2 aromatic heterocycles. The lowest BCUT2D eigenvalue weighted by Crippen LogP contribution is -2.33. The fourth-order valence-electron chi connectivity index (χ4n) is 3.58. The first kappa shape index (κ1) is 18.8. The summed E-state index contributed by atoms with van der Waals surface area (Å²) in [5, 5.41) is 0.924. The molecule has 1 aliphatic rings. The molecule has 0 saturated carbocycles. The highest BCUT2D eigenvalue weighted by molar-refractivity contribution is 5.96. The predicted molar refractivity (Wildman–Crippen MR) is 110 cm³/mol. The first-order valence-electron chi connectivity index (χ1n) is 9.57. The Labute approximate surface area is 160 Å². The van der Waals surface area contributed by atoms with Gasteiger partial charge in [-0.05, 0) is 36.5 Å². The summed E-state index contributed by atoms with van der Waals surface area (Å²) in [5.41, 5.74) is 8.86. The van der Waals surface area contributed by atoms with Gasteiger partial charge >= 0.3 is 0 Å². The van der Waals surface area contributed by atoms with E-state index < -0.39 is 5.91 Å². The number of pyridine rings is 2. The number of benzene rings is 1. The molecule has 1 aliphatic heterocycles. The Morgan fingerprint density at radius 2 is 1.74 bits per heavy atom. The maximum Gasteiger partial charge on any atom is 0.267 e. The number of fused-ring (bicyclic) bond motifs is 1. The summed E-state index contributed by atoms with van der Waals surface area (Å²) in [6, 6.07) is 14.2. The normalized spacial score (nSPS) is 14.5. The molecule has 140 valence electrons. The molecule has 3 aromatic rings. The van der Waals surface area contributed by atoms with Crippen LogP contribution in [0.4, 0.5) is 5.69 Å². The number of primary amides is 1.